The fourth-order valence-electron chi connectivity index (χ4n) is 1.79. The largest absolute Gasteiger partial charge is 0.311 e. The summed E-state index contributed by atoms with van der Waals surface area (Å²) in [4.78, 5) is 0. The topological polar surface area (TPSA) is 12.0 Å². The molecule has 1 rings (SSSR count). The van der Waals surface area contributed by atoms with Crippen LogP contribution in [-0.2, 0) is 6.42 Å². The Labute approximate surface area is 127 Å². The van der Waals surface area contributed by atoms with Gasteiger partial charge < -0.3 is 5.32 Å². The maximum absolute atomic E-state index is 6.26. The van der Waals surface area contributed by atoms with Crippen molar-refractivity contribution in [1.29, 1.82) is 0 Å². The highest BCUT2D eigenvalue weighted by molar-refractivity contribution is 6.42. The lowest BCUT2D eigenvalue weighted by molar-refractivity contribution is 0.322. The zero-order chi connectivity index (χ0) is 14.7. The third-order valence-electron chi connectivity index (χ3n) is 3.14. The van der Waals surface area contributed by atoms with Gasteiger partial charge in [-0.1, -0.05) is 48.3 Å². The number of halogens is 2. The van der Waals surface area contributed by atoms with Crippen molar-refractivity contribution in [3.8, 4) is 0 Å². The first-order chi connectivity index (χ1) is 8.67. The molecule has 1 unspecified atom stereocenters. The van der Waals surface area contributed by atoms with Crippen LogP contribution in [0, 0.1) is 5.41 Å². The van der Waals surface area contributed by atoms with Gasteiger partial charge >= 0.3 is 0 Å². The second-order valence-corrected chi connectivity index (χ2v) is 7.14. The molecule has 1 aromatic carbocycles. The molecule has 0 bridgehead atoms. The molecule has 1 aromatic rings. The molecule has 19 heavy (non-hydrogen) atoms. The van der Waals surface area contributed by atoms with Gasteiger partial charge in [0.2, 0.25) is 0 Å². The first-order valence-corrected chi connectivity index (χ1v) is 7.24. The summed E-state index contributed by atoms with van der Waals surface area (Å²) >= 11 is 12.3. The SMILES string of the molecule is C=CC(C)(CNC(C)(C)C)Cc1cccc(Cl)c1Cl. The molecule has 0 saturated carbocycles. The van der Waals surface area contributed by atoms with Gasteiger partial charge in [0.25, 0.3) is 0 Å². The third-order valence-corrected chi connectivity index (χ3v) is 4.00. The predicted octanol–water partition coefficient (Wildman–Crippen LogP) is 5.12. The van der Waals surface area contributed by atoms with Crippen LogP contribution in [0.4, 0.5) is 0 Å². The van der Waals surface area contributed by atoms with E-state index in [2.05, 4.69) is 39.6 Å². The van der Waals surface area contributed by atoms with E-state index in [0.717, 1.165) is 18.5 Å². The van der Waals surface area contributed by atoms with Crippen molar-refractivity contribution in [2.45, 2.75) is 39.7 Å². The lowest BCUT2D eigenvalue weighted by Crippen LogP contribution is -2.43. The molecule has 1 atom stereocenters. The molecule has 0 fully saturated rings. The van der Waals surface area contributed by atoms with E-state index in [9.17, 15) is 0 Å². The second kappa shape index (κ2) is 6.30. The van der Waals surface area contributed by atoms with Gasteiger partial charge in [-0.05, 0) is 38.8 Å². The van der Waals surface area contributed by atoms with Crippen LogP contribution in [0.5, 0.6) is 0 Å². The Bertz CT molecular complexity index is 449. The summed E-state index contributed by atoms with van der Waals surface area (Å²) < 4.78 is 0. The predicted molar refractivity (Wildman–Crippen MR) is 86.2 cm³/mol. The smallest absolute Gasteiger partial charge is 0.0624 e. The van der Waals surface area contributed by atoms with Crippen molar-refractivity contribution >= 4 is 23.2 Å². The van der Waals surface area contributed by atoms with Gasteiger partial charge in [-0.15, -0.1) is 6.58 Å². The standard InChI is InChI=1S/C16H23Cl2N/c1-6-16(5,11-19-15(2,3)4)10-12-8-7-9-13(17)14(12)18/h6-9,19H,1,10-11H2,2-5H3. The highest BCUT2D eigenvalue weighted by Crippen LogP contribution is 2.31. The fraction of sp³-hybridized carbons (Fsp3) is 0.500. The Morgan fingerprint density at radius 2 is 1.84 bits per heavy atom. The molecule has 0 spiro atoms. The van der Waals surface area contributed by atoms with Crippen LogP contribution in [-0.4, -0.2) is 12.1 Å². The number of benzene rings is 1. The summed E-state index contributed by atoms with van der Waals surface area (Å²) in [5.74, 6) is 0. The monoisotopic (exact) mass is 299 g/mol. The molecular weight excluding hydrogens is 277 g/mol. The van der Waals surface area contributed by atoms with E-state index < -0.39 is 0 Å². The van der Waals surface area contributed by atoms with Gasteiger partial charge in [-0.25, -0.2) is 0 Å². The summed E-state index contributed by atoms with van der Waals surface area (Å²) in [6.07, 6.45) is 2.81. The van der Waals surface area contributed by atoms with Crippen LogP contribution < -0.4 is 5.32 Å². The zero-order valence-electron chi connectivity index (χ0n) is 12.2. The maximum atomic E-state index is 6.26. The highest BCUT2D eigenvalue weighted by atomic mass is 35.5. The third kappa shape index (κ3) is 5.18. The van der Waals surface area contributed by atoms with Gasteiger partial charge in [0.05, 0.1) is 10.0 Å². The molecule has 0 heterocycles. The Morgan fingerprint density at radius 1 is 1.21 bits per heavy atom. The van der Waals surface area contributed by atoms with Gasteiger partial charge in [-0.2, -0.15) is 0 Å². The lowest BCUT2D eigenvalue weighted by atomic mass is 9.83. The summed E-state index contributed by atoms with van der Waals surface area (Å²) in [6, 6.07) is 5.77. The van der Waals surface area contributed by atoms with Crippen molar-refractivity contribution in [2.75, 3.05) is 6.54 Å². The molecule has 106 valence electrons. The molecule has 0 amide bonds. The van der Waals surface area contributed by atoms with E-state index in [4.69, 9.17) is 23.2 Å². The quantitative estimate of drug-likeness (QED) is 0.744. The molecule has 1 nitrogen and oxygen atoms in total. The molecule has 0 aromatic heterocycles. The lowest BCUT2D eigenvalue weighted by Gasteiger charge is -2.31. The second-order valence-electron chi connectivity index (χ2n) is 6.35. The first-order valence-electron chi connectivity index (χ1n) is 6.48. The first kappa shape index (κ1) is 16.6. The molecule has 0 radical (unpaired) electrons. The van der Waals surface area contributed by atoms with Gasteiger partial charge in [-0.3, -0.25) is 0 Å². The average molecular weight is 300 g/mol. The Balaban J connectivity index is 2.86. The summed E-state index contributed by atoms with van der Waals surface area (Å²) in [5, 5.41) is 4.77. The number of hydrogen-bond acceptors (Lipinski definition) is 1. The normalized spacial score (nSPS) is 15.1. The van der Waals surface area contributed by atoms with Crippen LogP contribution in [0.15, 0.2) is 30.9 Å². The highest BCUT2D eigenvalue weighted by Gasteiger charge is 2.24. The van der Waals surface area contributed by atoms with Gasteiger partial charge in [0.15, 0.2) is 0 Å². The minimum absolute atomic E-state index is 0.0540. The van der Waals surface area contributed by atoms with Crippen molar-refractivity contribution in [2.24, 2.45) is 5.41 Å². The van der Waals surface area contributed by atoms with E-state index in [1.165, 1.54) is 0 Å². The maximum Gasteiger partial charge on any atom is 0.0624 e. The number of hydrogen-bond donors (Lipinski definition) is 1. The van der Waals surface area contributed by atoms with E-state index in [1.54, 1.807) is 0 Å². The van der Waals surface area contributed by atoms with Crippen LogP contribution in [0.2, 0.25) is 10.0 Å². The van der Waals surface area contributed by atoms with E-state index in [0.29, 0.717) is 10.0 Å². The number of rotatable bonds is 5. The minimum atomic E-state index is -0.0540. The molecule has 0 aliphatic heterocycles. The fourth-order valence-corrected chi connectivity index (χ4v) is 2.18. The molecule has 0 saturated heterocycles. The van der Waals surface area contributed by atoms with Crippen molar-refractivity contribution in [3.05, 3.63) is 46.5 Å². The Morgan fingerprint density at radius 3 is 2.37 bits per heavy atom. The van der Waals surface area contributed by atoms with Gasteiger partial charge in [0.1, 0.15) is 0 Å². The van der Waals surface area contributed by atoms with E-state index in [-0.39, 0.29) is 11.0 Å². The number of nitrogens with one attached hydrogen (secondary N) is 1. The molecule has 1 N–H and O–H groups in total. The Hall–Kier alpha value is -0.500. The van der Waals surface area contributed by atoms with Crippen LogP contribution >= 0.6 is 23.2 Å². The van der Waals surface area contributed by atoms with Crippen LogP contribution in [0.25, 0.3) is 0 Å². The summed E-state index contributed by atoms with van der Waals surface area (Å²) in [7, 11) is 0. The Kier molecular flexibility index (Phi) is 5.49. The molecular formula is C16H23Cl2N. The minimum Gasteiger partial charge on any atom is -0.311 e. The van der Waals surface area contributed by atoms with Crippen molar-refractivity contribution in [3.63, 3.8) is 0 Å². The van der Waals surface area contributed by atoms with Crippen LogP contribution in [0.1, 0.15) is 33.3 Å². The summed E-state index contributed by atoms with van der Waals surface area (Å²) in [5.41, 5.74) is 1.09. The van der Waals surface area contributed by atoms with Gasteiger partial charge in [0, 0.05) is 17.5 Å². The molecule has 3 heteroatoms. The van der Waals surface area contributed by atoms with Crippen molar-refractivity contribution in [1.82, 2.24) is 5.32 Å². The molecule has 0 aliphatic rings. The van der Waals surface area contributed by atoms with E-state index >= 15 is 0 Å². The van der Waals surface area contributed by atoms with Crippen LogP contribution in [0.3, 0.4) is 0 Å². The molecule has 0 aliphatic carbocycles. The van der Waals surface area contributed by atoms with E-state index in [1.807, 2.05) is 24.3 Å². The van der Waals surface area contributed by atoms with Crippen molar-refractivity contribution < 1.29 is 0 Å². The zero-order valence-corrected chi connectivity index (χ0v) is 13.7. The summed E-state index contributed by atoms with van der Waals surface area (Å²) in [6.45, 7) is 13.5. The average Bonchev–Trinajstić information content (AvgIpc) is 2.32.